The second kappa shape index (κ2) is 5.24. The lowest BCUT2D eigenvalue weighted by molar-refractivity contribution is 1.14. The third-order valence-electron chi connectivity index (χ3n) is 2.92. The van der Waals surface area contributed by atoms with Crippen LogP contribution in [0.4, 0.5) is 5.69 Å². The first-order valence-corrected chi connectivity index (χ1v) is 6.08. The van der Waals surface area contributed by atoms with Crippen LogP contribution in [0.1, 0.15) is 16.7 Å². The van der Waals surface area contributed by atoms with Crippen molar-refractivity contribution >= 4 is 17.3 Å². The lowest BCUT2D eigenvalue weighted by Gasteiger charge is -2.08. The van der Waals surface area contributed by atoms with E-state index in [1.165, 1.54) is 16.7 Å². The molecule has 2 aromatic carbocycles. The molecule has 0 unspecified atom stereocenters. The number of hydrogen-bond donors (Lipinski definition) is 1. The average Bonchev–Trinajstić information content (AvgIpc) is 2.33. The molecule has 2 heteroatoms. The molecule has 2 rings (SSSR count). The van der Waals surface area contributed by atoms with Crippen molar-refractivity contribution in [2.75, 3.05) is 5.32 Å². The van der Waals surface area contributed by atoms with E-state index < -0.39 is 0 Å². The SMILES string of the molecule is Cc1ccc(NCc2ccc(Cl)cc2)cc1C. The number of benzene rings is 2. The van der Waals surface area contributed by atoms with E-state index in [-0.39, 0.29) is 0 Å². The van der Waals surface area contributed by atoms with Gasteiger partial charge >= 0.3 is 0 Å². The van der Waals surface area contributed by atoms with Crippen molar-refractivity contribution in [1.29, 1.82) is 0 Å². The van der Waals surface area contributed by atoms with Gasteiger partial charge in [-0.2, -0.15) is 0 Å². The minimum absolute atomic E-state index is 0.778. The second-order valence-corrected chi connectivity index (χ2v) is 4.72. The van der Waals surface area contributed by atoms with Gasteiger partial charge in [0.2, 0.25) is 0 Å². The van der Waals surface area contributed by atoms with Crippen molar-refractivity contribution in [2.45, 2.75) is 20.4 Å². The zero-order valence-corrected chi connectivity index (χ0v) is 10.9. The summed E-state index contributed by atoms with van der Waals surface area (Å²) in [6, 6.07) is 14.3. The molecule has 0 aliphatic heterocycles. The Morgan fingerprint density at radius 1 is 0.941 bits per heavy atom. The molecule has 0 aromatic heterocycles. The molecule has 0 saturated heterocycles. The maximum atomic E-state index is 5.85. The molecule has 2 aromatic rings. The van der Waals surface area contributed by atoms with Crippen LogP contribution in [-0.4, -0.2) is 0 Å². The molecule has 0 fully saturated rings. The third kappa shape index (κ3) is 3.24. The van der Waals surface area contributed by atoms with Crippen LogP contribution in [-0.2, 0) is 6.54 Å². The Labute approximate surface area is 107 Å². The first kappa shape index (κ1) is 12.0. The smallest absolute Gasteiger partial charge is 0.0406 e. The van der Waals surface area contributed by atoms with Crippen LogP contribution in [0.2, 0.25) is 5.02 Å². The zero-order chi connectivity index (χ0) is 12.3. The number of rotatable bonds is 3. The minimum Gasteiger partial charge on any atom is -0.381 e. The molecule has 0 aliphatic rings. The quantitative estimate of drug-likeness (QED) is 0.835. The highest BCUT2D eigenvalue weighted by atomic mass is 35.5. The summed E-state index contributed by atoms with van der Waals surface area (Å²) in [5.74, 6) is 0. The predicted molar refractivity (Wildman–Crippen MR) is 74.7 cm³/mol. The fourth-order valence-corrected chi connectivity index (χ4v) is 1.78. The van der Waals surface area contributed by atoms with Gasteiger partial charge in [-0.05, 0) is 54.8 Å². The summed E-state index contributed by atoms with van der Waals surface area (Å²) in [4.78, 5) is 0. The fraction of sp³-hybridized carbons (Fsp3) is 0.200. The summed E-state index contributed by atoms with van der Waals surface area (Å²) in [6.07, 6.45) is 0. The maximum Gasteiger partial charge on any atom is 0.0406 e. The van der Waals surface area contributed by atoms with E-state index in [1.807, 2.05) is 24.3 Å². The summed E-state index contributed by atoms with van der Waals surface area (Å²) in [5, 5.41) is 4.18. The molecule has 88 valence electrons. The van der Waals surface area contributed by atoms with E-state index in [2.05, 4.69) is 37.4 Å². The monoisotopic (exact) mass is 245 g/mol. The Morgan fingerprint density at radius 2 is 1.65 bits per heavy atom. The molecule has 0 radical (unpaired) electrons. The Morgan fingerprint density at radius 3 is 2.29 bits per heavy atom. The first-order chi connectivity index (χ1) is 8.15. The van der Waals surface area contributed by atoms with Crippen LogP contribution in [0.3, 0.4) is 0 Å². The molecular formula is C15H16ClN. The van der Waals surface area contributed by atoms with E-state index >= 15 is 0 Å². The van der Waals surface area contributed by atoms with Gasteiger partial charge in [-0.1, -0.05) is 29.8 Å². The molecule has 1 nitrogen and oxygen atoms in total. The Kier molecular flexibility index (Phi) is 3.70. The fourth-order valence-electron chi connectivity index (χ4n) is 1.66. The molecule has 0 heterocycles. The lowest BCUT2D eigenvalue weighted by Crippen LogP contribution is -1.99. The second-order valence-electron chi connectivity index (χ2n) is 4.28. The van der Waals surface area contributed by atoms with Crippen molar-refractivity contribution in [2.24, 2.45) is 0 Å². The molecule has 17 heavy (non-hydrogen) atoms. The lowest BCUT2D eigenvalue weighted by atomic mass is 10.1. The normalized spacial score (nSPS) is 10.3. The maximum absolute atomic E-state index is 5.85. The predicted octanol–water partition coefficient (Wildman–Crippen LogP) is 4.57. The highest BCUT2D eigenvalue weighted by Gasteiger charge is 1.97. The first-order valence-electron chi connectivity index (χ1n) is 5.71. The van der Waals surface area contributed by atoms with Crippen LogP contribution in [0.25, 0.3) is 0 Å². The Hall–Kier alpha value is -1.47. The van der Waals surface area contributed by atoms with Gasteiger partial charge in [-0.25, -0.2) is 0 Å². The highest BCUT2D eigenvalue weighted by Crippen LogP contribution is 2.16. The van der Waals surface area contributed by atoms with Crippen LogP contribution >= 0.6 is 11.6 Å². The molecule has 0 bridgehead atoms. The number of hydrogen-bond acceptors (Lipinski definition) is 1. The highest BCUT2D eigenvalue weighted by molar-refractivity contribution is 6.30. The molecule has 0 saturated carbocycles. The van der Waals surface area contributed by atoms with E-state index in [9.17, 15) is 0 Å². The largest absolute Gasteiger partial charge is 0.381 e. The van der Waals surface area contributed by atoms with Gasteiger partial charge < -0.3 is 5.32 Å². The van der Waals surface area contributed by atoms with Crippen molar-refractivity contribution in [3.05, 3.63) is 64.2 Å². The van der Waals surface area contributed by atoms with Gasteiger partial charge in [-0.15, -0.1) is 0 Å². The van der Waals surface area contributed by atoms with E-state index in [0.29, 0.717) is 0 Å². The van der Waals surface area contributed by atoms with Gasteiger partial charge in [0.1, 0.15) is 0 Å². The zero-order valence-electron chi connectivity index (χ0n) is 10.1. The van der Waals surface area contributed by atoms with Crippen LogP contribution < -0.4 is 5.32 Å². The van der Waals surface area contributed by atoms with Gasteiger partial charge in [0.05, 0.1) is 0 Å². The Bertz CT molecular complexity index is 503. The van der Waals surface area contributed by atoms with Gasteiger partial charge in [-0.3, -0.25) is 0 Å². The minimum atomic E-state index is 0.778. The number of nitrogens with one attached hydrogen (secondary N) is 1. The van der Waals surface area contributed by atoms with E-state index in [4.69, 9.17) is 11.6 Å². The van der Waals surface area contributed by atoms with Gasteiger partial charge in [0, 0.05) is 17.3 Å². The molecule has 0 spiro atoms. The molecule has 0 atom stereocenters. The molecule has 0 amide bonds. The topological polar surface area (TPSA) is 12.0 Å². The number of anilines is 1. The molecule has 0 aliphatic carbocycles. The summed E-state index contributed by atoms with van der Waals surface area (Å²) in [7, 11) is 0. The summed E-state index contributed by atoms with van der Waals surface area (Å²) < 4.78 is 0. The Balaban J connectivity index is 2.02. The van der Waals surface area contributed by atoms with E-state index in [0.717, 1.165) is 17.3 Å². The third-order valence-corrected chi connectivity index (χ3v) is 3.17. The number of aryl methyl sites for hydroxylation is 2. The standard InChI is InChI=1S/C15H16ClN/c1-11-3-8-15(9-12(11)2)17-10-13-4-6-14(16)7-5-13/h3-9,17H,10H2,1-2H3. The van der Waals surface area contributed by atoms with Crippen LogP contribution in [0, 0.1) is 13.8 Å². The number of halogens is 1. The van der Waals surface area contributed by atoms with Crippen molar-refractivity contribution in [3.8, 4) is 0 Å². The van der Waals surface area contributed by atoms with Gasteiger partial charge in [0.25, 0.3) is 0 Å². The van der Waals surface area contributed by atoms with Gasteiger partial charge in [0.15, 0.2) is 0 Å². The summed E-state index contributed by atoms with van der Waals surface area (Å²) in [5.41, 5.74) is 5.02. The van der Waals surface area contributed by atoms with Crippen molar-refractivity contribution in [3.63, 3.8) is 0 Å². The van der Waals surface area contributed by atoms with Crippen molar-refractivity contribution < 1.29 is 0 Å². The molecular weight excluding hydrogens is 230 g/mol. The summed E-state index contributed by atoms with van der Waals surface area (Å²) in [6.45, 7) is 5.07. The van der Waals surface area contributed by atoms with Crippen LogP contribution in [0.15, 0.2) is 42.5 Å². The average molecular weight is 246 g/mol. The summed E-state index contributed by atoms with van der Waals surface area (Å²) >= 11 is 5.85. The van der Waals surface area contributed by atoms with Crippen molar-refractivity contribution in [1.82, 2.24) is 0 Å². The van der Waals surface area contributed by atoms with E-state index in [1.54, 1.807) is 0 Å². The van der Waals surface area contributed by atoms with Crippen LogP contribution in [0.5, 0.6) is 0 Å². The molecule has 1 N–H and O–H groups in total.